The van der Waals surface area contributed by atoms with E-state index in [-0.39, 0.29) is 30.3 Å². The molecule has 1 amide bonds. The number of hydrogen-bond acceptors (Lipinski definition) is 6. The Morgan fingerprint density at radius 3 is 2.64 bits per heavy atom. The molecule has 8 heteroatoms. The van der Waals surface area contributed by atoms with E-state index >= 15 is 0 Å². The molecule has 8 nitrogen and oxygen atoms in total. The molecular formula is C17H14N4O4. The number of carboxylic acid groups (broad SMARTS) is 1. The Labute approximate surface area is 142 Å². The Bertz CT molecular complexity index is 892. The maximum Gasteiger partial charge on any atom is 0.335 e. The molecule has 0 spiro atoms. The zero-order chi connectivity index (χ0) is 17.6. The van der Waals surface area contributed by atoms with Gasteiger partial charge in [0.25, 0.3) is 0 Å². The number of carbonyl (C=O) groups excluding carboxylic acids is 1. The molecule has 0 saturated heterocycles. The molecule has 126 valence electrons. The van der Waals surface area contributed by atoms with Crippen molar-refractivity contribution in [1.82, 2.24) is 20.4 Å². The molecule has 2 N–H and O–H groups in total. The maximum atomic E-state index is 12.0. The first-order valence-electron chi connectivity index (χ1n) is 7.44. The minimum absolute atomic E-state index is 0.0478. The fourth-order valence-electron chi connectivity index (χ4n) is 2.24. The van der Waals surface area contributed by atoms with Crippen molar-refractivity contribution in [3.63, 3.8) is 0 Å². The number of nitrogens with one attached hydrogen (secondary N) is 1. The minimum atomic E-state index is -1.07. The van der Waals surface area contributed by atoms with E-state index in [0.717, 1.165) is 5.56 Å². The molecule has 2 aromatic heterocycles. The first-order chi connectivity index (χ1) is 12.1. The average molecular weight is 338 g/mol. The number of carbonyl (C=O) groups is 2. The number of amides is 1. The smallest absolute Gasteiger partial charge is 0.335 e. The highest BCUT2D eigenvalue weighted by Gasteiger charge is 2.14. The quantitative estimate of drug-likeness (QED) is 0.702. The molecule has 0 atom stereocenters. The van der Waals surface area contributed by atoms with E-state index in [9.17, 15) is 9.59 Å². The highest BCUT2D eigenvalue weighted by molar-refractivity contribution is 5.91. The lowest BCUT2D eigenvalue weighted by Crippen LogP contribution is -2.25. The SMILES string of the molecule is O=C(Cc1ccccc1C(=O)O)NCc1nc(-c2ccncc2)no1. The van der Waals surface area contributed by atoms with Crippen LogP contribution in [0.2, 0.25) is 0 Å². The Kier molecular flexibility index (Phi) is 4.79. The van der Waals surface area contributed by atoms with Gasteiger partial charge in [-0.3, -0.25) is 9.78 Å². The normalized spacial score (nSPS) is 10.4. The average Bonchev–Trinajstić information content (AvgIpc) is 3.10. The van der Waals surface area contributed by atoms with Crippen LogP contribution in [-0.2, 0) is 17.8 Å². The zero-order valence-electron chi connectivity index (χ0n) is 13.0. The van der Waals surface area contributed by atoms with Gasteiger partial charge in [-0.05, 0) is 23.8 Å². The van der Waals surface area contributed by atoms with Gasteiger partial charge in [0, 0.05) is 18.0 Å². The Hall–Kier alpha value is -3.55. The van der Waals surface area contributed by atoms with Crippen LogP contribution in [0.4, 0.5) is 0 Å². The van der Waals surface area contributed by atoms with Gasteiger partial charge in [0.1, 0.15) is 0 Å². The monoisotopic (exact) mass is 338 g/mol. The summed E-state index contributed by atoms with van der Waals surface area (Å²) in [6.45, 7) is 0.0617. The van der Waals surface area contributed by atoms with Crippen molar-refractivity contribution in [2.75, 3.05) is 0 Å². The summed E-state index contributed by atoms with van der Waals surface area (Å²) in [5.74, 6) is -0.741. The molecule has 0 bridgehead atoms. The largest absolute Gasteiger partial charge is 0.478 e. The molecule has 0 unspecified atom stereocenters. The maximum absolute atomic E-state index is 12.0. The van der Waals surface area contributed by atoms with Crippen LogP contribution in [0.3, 0.4) is 0 Å². The summed E-state index contributed by atoms with van der Waals surface area (Å²) < 4.78 is 5.09. The van der Waals surface area contributed by atoms with E-state index in [0.29, 0.717) is 11.4 Å². The lowest BCUT2D eigenvalue weighted by molar-refractivity contribution is -0.120. The predicted octanol–water partition coefficient (Wildman–Crippen LogP) is 1.69. The number of benzene rings is 1. The molecule has 0 aliphatic rings. The highest BCUT2D eigenvalue weighted by atomic mass is 16.5. The van der Waals surface area contributed by atoms with Crippen molar-refractivity contribution in [1.29, 1.82) is 0 Å². The van der Waals surface area contributed by atoms with Gasteiger partial charge in [-0.25, -0.2) is 4.79 Å². The van der Waals surface area contributed by atoms with Crippen LogP contribution in [0.5, 0.6) is 0 Å². The first kappa shape index (κ1) is 16.3. The second-order valence-electron chi connectivity index (χ2n) is 5.16. The summed E-state index contributed by atoms with van der Waals surface area (Å²) in [6.07, 6.45) is 3.19. The van der Waals surface area contributed by atoms with Gasteiger partial charge >= 0.3 is 5.97 Å². The number of aromatic nitrogens is 3. The lowest BCUT2D eigenvalue weighted by Gasteiger charge is -2.05. The molecule has 0 aliphatic carbocycles. The van der Waals surface area contributed by atoms with Gasteiger partial charge in [-0.2, -0.15) is 4.98 Å². The standard InChI is InChI=1S/C17H14N4O4/c22-14(9-12-3-1-2-4-13(12)17(23)24)19-10-15-20-16(21-25-15)11-5-7-18-8-6-11/h1-8H,9-10H2,(H,19,22)(H,23,24). The number of rotatable bonds is 6. The van der Waals surface area contributed by atoms with Crippen LogP contribution in [0.15, 0.2) is 53.3 Å². The van der Waals surface area contributed by atoms with Gasteiger partial charge in [0.2, 0.25) is 17.6 Å². The lowest BCUT2D eigenvalue weighted by atomic mass is 10.0. The number of pyridine rings is 1. The molecule has 3 rings (SSSR count). The van der Waals surface area contributed by atoms with E-state index in [1.807, 2.05) is 0 Å². The third kappa shape index (κ3) is 4.05. The molecule has 25 heavy (non-hydrogen) atoms. The summed E-state index contributed by atoms with van der Waals surface area (Å²) >= 11 is 0. The molecule has 2 heterocycles. The Morgan fingerprint density at radius 1 is 1.12 bits per heavy atom. The van der Waals surface area contributed by atoms with Crippen molar-refractivity contribution in [3.8, 4) is 11.4 Å². The van der Waals surface area contributed by atoms with Crippen molar-refractivity contribution in [2.45, 2.75) is 13.0 Å². The second-order valence-corrected chi connectivity index (χ2v) is 5.16. The fraction of sp³-hybridized carbons (Fsp3) is 0.118. The van der Waals surface area contributed by atoms with Crippen molar-refractivity contribution in [2.24, 2.45) is 0 Å². The summed E-state index contributed by atoms with van der Waals surface area (Å²) in [5, 5.41) is 15.6. The summed E-state index contributed by atoms with van der Waals surface area (Å²) in [7, 11) is 0. The van der Waals surface area contributed by atoms with Gasteiger partial charge in [0.05, 0.1) is 18.5 Å². The summed E-state index contributed by atoms with van der Waals surface area (Å²) in [4.78, 5) is 31.3. The number of aromatic carboxylic acids is 1. The Morgan fingerprint density at radius 2 is 1.88 bits per heavy atom. The van der Waals surface area contributed by atoms with E-state index in [1.54, 1.807) is 42.7 Å². The third-order valence-electron chi connectivity index (χ3n) is 3.44. The second kappa shape index (κ2) is 7.35. The summed E-state index contributed by atoms with van der Waals surface area (Å²) in [5.41, 5.74) is 1.30. The topological polar surface area (TPSA) is 118 Å². The molecule has 3 aromatic rings. The van der Waals surface area contributed by atoms with E-state index in [4.69, 9.17) is 9.63 Å². The molecule has 0 fully saturated rings. The van der Waals surface area contributed by atoms with Gasteiger partial charge < -0.3 is 14.9 Å². The molecule has 0 saturated carbocycles. The van der Waals surface area contributed by atoms with Gasteiger partial charge in [-0.15, -0.1) is 0 Å². The Balaban J connectivity index is 1.60. The van der Waals surface area contributed by atoms with Crippen LogP contribution < -0.4 is 5.32 Å². The number of carboxylic acids is 1. The first-order valence-corrected chi connectivity index (χ1v) is 7.44. The van der Waals surface area contributed by atoms with E-state index in [2.05, 4.69) is 20.4 Å². The molecule has 0 radical (unpaired) electrons. The van der Waals surface area contributed by atoms with Gasteiger partial charge in [0.15, 0.2) is 0 Å². The van der Waals surface area contributed by atoms with Crippen LogP contribution >= 0.6 is 0 Å². The zero-order valence-corrected chi connectivity index (χ0v) is 13.0. The minimum Gasteiger partial charge on any atom is -0.478 e. The van der Waals surface area contributed by atoms with Crippen LogP contribution in [0.25, 0.3) is 11.4 Å². The van der Waals surface area contributed by atoms with Crippen LogP contribution in [0, 0.1) is 0 Å². The van der Waals surface area contributed by atoms with Crippen LogP contribution in [0.1, 0.15) is 21.8 Å². The fourth-order valence-corrected chi connectivity index (χ4v) is 2.24. The van der Waals surface area contributed by atoms with E-state index < -0.39 is 5.97 Å². The van der Waals surface area contributed by atoms with Crippen molar-refractivity contribution in [3.05, 3.63) is 65.8 Å². The number of nitrogens with zero attached hydrogens (tertiary/aromatic N) is 3. The van der Waals surface area contributed by atoms with Gasteiger partial charge in [-0.1, -0.05) is 23.4 Å². The molecule has 1 aromatic carbocycles. The summed E-state index contributed by atoms with van der Waals surface area (Å²) in [6, 6.07) is 9.87. The van der Waals surface area contributed by atoms with E-state index in [1.165, 1.54) is 6.07 Å². The van der Waals surface area contributed by atoms with Crippen molar-refractivity contribution < 1.29 is 19.2 Å². The molecule has 0 aliphatic heterocycles. The van der Waals surface area contributed by atoms with Crippen molar-refractivity contribution >= 4 is 11.9 Å². The highest BCUT2D eigenvalue weighted by Crippen LogP contribution is 2.14. The predicted molar refractivity (Wildman–Crippen MR) is 86.5 cm³/mol. The van der Waals surface area contributed by atoms with Crippen LogP contribution in [-0.4, -0.2) is 32.1 Å². The number of hydrogen-bond donors (Lipinski definition) is 2. The molecular weight excluding hydrogens is 324 g/mol. The third-order valence-corrected chi connectivity index (χ3v) is 3.44.